The summed E-state index contributed by atoms with van der Waals surface area (Å²) in [4.78, 5) is 0. The Labute approximate surface area is 138 Å². The summed E-state index contributed by atoms with van der Waals surface area (Å²) in [7, 11) is -1.03. The van der Waals surface area contributed by atoms with Crippen molar-refractivity contribution in [2.75, 3.05) is 6.61 Å². The summed E-state index contributed by atoms with van der Waals surface area (Å²) < 4.78 is 8.83. The zero-order chi connectivity index (χ0) is 14.8. The number of ether oxygens (including phenoxy) is 1. The molecule has 1 aromatic heterocycles. The molecule has 0 aliphatic carbocycles. The minimum Gasteiger partial charge on any atom is -0.360 e. The molecule has 1 aromatic carbocycles. The van der Waals surface area contributed by atoms with Crippen LogP contribution in [0.5, 0.6) is 0 Å². The predicted molar refractivity (Wildman–Crippen MR) is 94.2 cm³/mol. The molecule has 2 aromatic rings. The first-order chi connectivity index (χ1) is 9.40. The number of rotatable bonds is 6. The SMILES string of the molecule is C[Si](C)(C)CCOCn1ncc2cc(Br)cc(CBr)c21. The molecule has 20 heavy (non-hydrogen) atoms. The molecule has 0 radical (unpaired) electrons. The molecule has 0 aliphatic heterocycles. The van der Waals surface area contributed by atoms with Gasteiger partial charge < -0.3 is 4.74 Å². The Morgan fingerprint density at radius 3 is 2.70 bits per heavy atom. The molecule has 0 saturated heterocycles. The van der Waals surface area contributed by atoms with Gasteiger partial charge in [0.2, 0.25) is 0 Å². The second-order valence-electron chi connectivity index (χ2n) is 6.13. The van der Waals surface area contributed by atoms with Crippen molar-refractivity contribution in [2.24, 2.45) is 0 Å². The summed E-state index contributed by atoms with van der Waals surface area (Å²) in [6.07, 6.45) is 1.90. The number of aromatic nitrogens is 2. The van der Waals surface area contributed by atoms with Crippen molar-refractivity contribution < 1.29 is 4.74 Å². The Hall–Kier alpha value is -0.173. The van der Waals surface area contributed by atoms with Crippen LogP contribution in [-0.4, -0.2) is 24.5 Å². The fourth-order valence-corrected chi connectivity index (χ4v) is 3.72. The Morgan fingerprint density at radius 1 is 1.30 bits per heavy atom. The van der Waals surface area contributed by atoms with Gasteiger partial charge in [-0.25, -0.2) is 4.68 Å². The highest BCUT2D eigenvalue weighted by atomic mass is 79.9. The largest absolute Gasteiger partial charge is 0.360 e. The highest BCUT2D eigenvalue weighted by Crippen LogP contribution is 2.26. The van der Waals surface area contributed by atoms with Gasteiger partial charge in [-0.3, -0.25) is 0 Å². The highest BCUT2D eigenvalue weighted by Gasteiger charge is 2.13. The van der Waals surface area contributed by atoms with Crippen molar-refractivity contribution in [3.63, 3.8) is 0 Å². The molecule has 0 saturated carbocycles. The maximum atomic E-state index is 5.80. The molecular weight excluding hydrogens is 400 g/mol. The van der Waals surface area contributed by atoms with Crippen LogP contribution >= 0.6 is 31.9 Å². The van der Waals surface area contributed by atoms with Crippen LogP contribution in [0, 0.1) is 0 Å². The molecule has 0 unspecified atom stereocenters. The van der Waals surface area contributed by atoms with E-state index >= 15 is 0 Å². The van der Waals surface area contributed by atoms with Gasteiger partial charge in [-0.15, -0.1) is 0 Å². The monoisotopic (exact) mass is 418 g/mol. The lowest BCUT2D eigenvalue weighted by Crippen LogP contribution is -2.22. The first kappa shape index (κ1) is 16.2. The third kappa shape index (κ3) is 4.16. The summed E-state index contributed by atoms with van der Waals surface area (Å²) in [5.74, 6) is 0. The van der Waals surface area contributed by atoms with E-state index in [0.29, 0.717) is 6.73 Å². The maximum Gasteiger partial charge on any atom is 0.140 e. The lowest BCUT2D eigenvalue weighted by molar-refractivity contribution is 0.0816. The molecule has 110 valence electrons. The van der Waals surface area contributed by atoms with Gasteiger partial charge in [0.1, 0.15) is 6.73 Å². The van der Waals surface area contributed by atoms with Gasteiger partial charge in [0.15, 0.2) is 0 Å². The van der Waals surface area contributed by atoms with Gasteiger partial charge in [-0.1, -0.05) is 51.5 Å². The molecule has 1 heterocycles. The number of hydrogen-bond acceptors (Lipinski definition) is 2. The van der Waals surface area contributed by atoms with Gasteiger partial charge in [0.25, 0.3) is 0 Å². The van der Waals surface area contributed by atoms with Crippen molar-refractivity contribution in [1.29, 1.82) is 0 Å². The van der Waals surface area contributed by atoms with Crippen LogP contribution in [0.2, 0.25) is 25.7 Å². The molecule has 0 amide bonds. The third-order valence-electron chi connectivity index (χ3n) is 3.13. The van der Waals surface area contributed by atoms with E-state index in [4.69, 9.17) is 4.74 Å². The molecule has 0 N–H and O–H groups in total. The van der Waals surface area contributed by atoms with E-state index in [1.165, 1.54) is 11.6 Å². The van der Waals surface area contributed by atoms with Gasteiger partial charge in [0, 0.05) is 29.9 Å². The van der Waals surface area contributed by atoms with E-state index in [2.05, 4.69) is 68.7 Å². The lowest BCUT2D eigenvalue weighted by atomic mass is 10.2. The number of fused-ring (bicyclic) bond motifs is 1. The molecule has 0 aliphatic rings. The average molecular weight is 420 g/mol. The molecule has 0 atom stereocenters. The second kappa shape index (κ2) is 6.73. The van der Waals surface area contributed by atoms with Crippen LogP contribution in [-0.2, 0) is 16.8 Å². The Balaban J connectivity index is 2.11. The summed E-state index contributed by atoms with van der Waals surface area (Å²) >= 11 is 7.08. The molecule has 0 spiro atoms. The van der Waals surface area contributed by atoms with E-state index in [-0.39, 0.29) is 0 Å². The molecule has 0 fully saturated rings. The van der Waals surface area contributed by atoms with Gasteiger partial charge in [0.05, 0.1) is 11.7 Å². The van der Waals surface area contributed by atoms with Crippen molar-refractivity contribution >= 4 is 50.8 Å². The van der Waals surface area contributed by atoms with Gasteiger partial charge in [-0.05, 0) is 23.7 Å². The summed E-state index contributed by atoms with van der Waals surface area (Å²) in [5, 5.41) is 6.39. The van der Waals surface area contributed by atoms with Crippen LogP contribution in [0.25, 0.3) is 10.9 Å². The lowest BCUT2D eigenvalue weighted by Gasteiger charge is -2.15. The van der Waals surface area contributed by atoms with Crippen molar-refractivity contribution in [3.8, 4) is 0 Å². The molecule has 0 bridgehead atoms. The summed E-state index contributed by atoms with van der Waals surface area (Å²) in [6.45, 7) is 8.42. The molecule has 3 nitrogen and oxygen atoms in total. The fraction of sp³-hybridized carbons (Fsp3) is 0.500. The Bertz CT molecular complexity index is 593. The van der Waals surface area contributed by atoms with E-state index in [1.807, 2.05) is 10.9 Å². The van der Waals surface area contributed by atoms with Gasteiger partial charge in [-0.2, -0.15) is 5.10 Å². The highest BCUT2D eigenvalue weighted by molar-refractivity contribution is 9.10. The van der Waals surface area contributed by atoms with E-state index < -0.39 is 8.07 Å². The van der Waals surface area contributed by atoms with Crippen molar-refractivity contribution in [3.05, 3.63) is 28.4 Å². The molecule has 2 rings (SSSR count). The topological polar surface area (TPSA) is 27.1 Å². The van der Waals surface area contributed by atoms with Crippen LogP contribution in [0.3, 0.4) is 0 Å². The Kier molecular flexibility index (Phi) is 5.45. The average Bonchev–Trinajstić information content (AvgIpc) is 2.75. The summed E-state index contributed by atoms with van der Waals surface area (Å²) in [6, 6.07) is 5.40. The number of hydrogen-bond donors (Lipinski definition) is 0. The first-order valence-electron chi connectivity index (χ1n) is 6.68. The number of halogens is 2. The van der Waals surface area contributed by atoms with Crippen LogP contribution in [0.1, 0.15) is 5.56 Å². The normalized spacial score (nSPS) is 12.2. The quantitative estimate of drug-likeness (QED) is 0.374. The third-order valence-corrected chi connectivity index (χ3v) is 5.90. The van der Waals surface area contributed by atoms with Crippen LogP contribution in [0.4, 0.5) is 0 Å². The Morgan fingerprint density at radius 2 is 2.05 bits per heavy atom. The van der Waals surface area contributed by atoms with Gasteiger partial charge >= 0.3 is 0 Å². The standard InChI is InChI=1S/C14H20Br2N2OSi/c1-20(2,3)5-4-19-10-18-14-11(8-15)6-13(16)7-12(14)9-17-18/h6-7,9H,4-5,8,10H2,1-3H3. The van der Waals surface area contributed by atoms with E-state index in [9.17, 15) is 0 Å². The number of alkyl halides is 1. The minimum atomic E-state index is -1.03. The van der Waals surface area contributed by atoms with Crippen molar-refractivity contribution in [2.45, 2.75) is 37.7 Å². The maximum absolute atomic E-state index is 5.80. The smallest absolute Gasteiger partial charge is 0.140 e. The number of benzene rings is 1. The minimum absolute atomic E-state index is 0.523. The first-order valence-corrected chi connectivity index (χ1v) is 12.3. The molecular formula is C14H20Br2N2OSi. The molecule has 6 heteroatoms. The second-order valence-corrected chi connectivity index (χ2v) is 13.2. The van der Waals surface area contributed by atoms with E-state index in [0.717, 1.165) is 27.3 Å². The van der Waals surface area contributed by atoms with E-state index in [1.54, 1.807) is 0 Å². The zero-order valence-corrected chi connectivity index (χ0v) is 16.3. The summed E-state index contributed by atoms with van der Waals surface area (Å²) in [5.41, 5.74) is 2.37. The number of nitrogens with zero attached hydrogens (tertiary/aromatic N) is 2. The van der Waals surface area contributed by atoms with Crippen molar-refractivity contribution in [1.82, 2.24) is 9.78 Å². The fourth-order valence-electron chi connectivity index (χ4n) is 2.01. The van der Waals surface area contributed by atoms with Crippen LogP contribution < -0.4 is 0 Å². The zero-order valence-electron chi connectivity index (χ0n) is 12.1. The van der Waals surface area contributed by atoms with Crippen LogP contribution in [0.15, 0.2) is 22.8 Å². The predicted octanol–water partition coefficient (Wildman–Crippen LogP) is 5.01.